The monoisotopic (exact) mass is 404 g/mol. The van der Waals surface area contributed by atoms with Crippen molar-refractivity contribution in [3.05, 3.63) is 51.7 Å². The maximum absolute atomic E-state index is 12.6. The fraction of sp³-hybridized carbons (Fsp3) is 0.300. The standard InChI is InChI=1S/C20H20O7S/c1-23-12-8-7-11(10-13(12)24-2)17-15(19(21)25-3)16(20(22)26-4)18(27-17)14-6-5-9-28-14/h5-10,15,17H,1-4H3/t15-,17+/m1/s1. The fourth-order valence-corrected chi connectivity index (χ4v) is 3.86. The number of esters is 2. The molecule has 2 heterocycles. The van der Waals surface area contributed by atoms with Gasteiger partial charge >= 0.3 is 11.9 Å². The average molecular weight is 404 g/mol. The number of benzene rings is 1. The van der Waals surface area contributed by atoms with E-state index in [0.717, 1.165) is 4.88 Å². The lowest BCUT2D eigenvalue weighted by Crippen LogP contribution is -2.26. The molecule has 0 N–H and O–H groups in total. The second-order valence-corrected chi connectivity index (χ2v) is 6.81. The van der Waals surface area contributed by atoms with Crippen LogP contribution in [0.1, 0.15) is 16.5 Å². The second kappa shape index (κ2) is 8.35. The second-order valence-electron chi connectivity index (χ2n) is 5.87. The molecule has 1 aliphatic heterocycles. The molecular formula is C20H20O7S. The minimum absolute atomic E-state index is 0.136. The third kappa shape index (κ3) is 3.43. The van der Waals surface area contributed by atoms with Crippen molar-refractivity contribution in [3.8, 4) is 11.5 Å². The molecule has 1 aliphatic rings. The van der Waals surface area contributed by atoms with Gasteiger partial charge in [-0.05, 0) is 29.1 Å². The van der Waals surface area contributed by atoms with Crippen molar-refractivity contribution in [1.29, 1.82) is 0 Å². The highest BCUT2D eigenvalue weighted by Gasteiger charge is 2.47. The molecule has 2 atom stereocenters. The molecule has 0 saturated heterocycles. The first-order chi connectivity index (χ1) is 13.5. The van der Waals surface area contributed by atoms with Gasteiger partial charge in [-0.15, -0.1) is 11.3 Å². The molecule has 2 aromatic rings. The maximum Gasteiger partial charge on any atom is 0.338 e. The van der Waals surface area contributed by atoms with Gasteiger partial charge in [-0.2, -0.15) is 0 Å². The van der Waals surface area contributed by atoms with Crippen LogP contribution in [0.3, 0.4) is 0 Å². The maximum atomic E-state index is 12.6. The van der Waals surface area contributed by atoms with Crippen molar-refractivity contribution in [2.24, 2.45) is 5.92 Å². The Bertz CT molecular complexity index is 901. The molecule has 8 heteroatoms. The molecule has 0 aliphatic carbocycles. The summed E-state index contributed by atoms with van der Waals surface area (Å²) in [5.41, 5.74) is 0.776. The molecule has 0 bridgehead atoms. The van der Waals surface area contributed by atoms with E-state index in [0.29, 0.717) is 22.8 Å². The van der Waals surface area contributed by atoms with Crippen LogP contribution in [0.25, 0.3) is 5.76 Å². The molecule has 0 fully saturated rings. The van der Waals surface area contributed by atoms with Crippen LogP contribution in [-0.2, 0) is 23.8 Å². The van der Waals surface area contributed by atoms with Crippen LogP contribution in [0.2, 0.25) is 0 Å². The Morgan fingerprint density at radius 1 is 1.00 bits per heavy atom. The molecule has 0 saturated carbocycles. The summed E-state index contributed by atoms with van der Waals surface area (Å²) in [5, 5.41) is 1.86. The molecule has 1 aromatic carbocycles. The molecule has 1 aromatic heterocycles. The van der Waals surface area contributed by atoms with E-state index in [1.807, 2.05) is 17.5 Å². The summed E-state index contributed by atoms with van der Waals surface area (Å²) in [6.45, 7) is 0. The van der Waals surface area contributed by atoms with E-state index in [-0.39, 0.29) is 5.57 Å². The summed E-state index contributed by atoms with van der Waals surface area (Å²) in [6.07, 6.45) is -0.779. The number of thiophene rings is 1. The van der Waals surface area contributed by atoms with Crippen molar-refractivity contribution in [2.45, 2.75) is 6.10 Å². The predicted octanol–water partition coefficient (Wildman–Crippen LogP) is 3.21. The van der Waals surface area contributed by atoms with Crippen molar-refractivity contribution < 1.29 is 33.3 Å². The highest BCUT2D eigenvalue weighted by molar-refractivity contribution is 7.11. The Balaban J connectivity index is 2.13. The van der Waals surface area contributed by atoms with Crippen molar-refractivity contribution in [2.75, 3.05) is 28.4 Å². The van der Waals surface area contributed by atoms with Crippen LogP contribution in [0.5, 0.6) is 11.5 Å². The van der Waals surface area contributed by atoms with Gasteiger partial charge < -0.3 is 23.7 Å². The van der Waals surface area contributed by atoms with Crippen LogP contribution in [0, 0.1) is 5.92 Å². The van der Waals surface area contributed by atoms with Gasteiger partial charge in [0, 0.05) is 0 Å². The summed E-state index contributed by atoms with van der Waals surface area (Å²) in [7, 11) is 5.59. The molecule has 3 rings (SSSR count). The van der Waals surface area contributed by atoms with Gasteiger partial charge in [0.15, 0.2) is 11.5 Å². The SMILES string of the molecule is COC(=O)C1=C(c2cccs2)O[C@@H](c2ccc(OC)c(OC)c2)[C@@H]1C(=O)OC. The van der Waals surface area contributed by atoms with Gasteiger partial charge in [-0.3, -0.25) is 4.79 Å². The predicted molar refractivity (Wildman–Crippen MR) is 102 cm³/mol. The Kier molecular flexibility index (Phi) is 5.89. The Hall–Kier alpha value is -3.00. The van der Waals surface area contributed by atoms with Gasteiger partial charge in [-0.1, -0.05) is 12.1 Å². The van der Waals surface area contributed by atoms with Crippen LogP contribution in [0.15, 0.2) is 41.3 Å². The van der Waals surface area contributed by atoms with Crippen molar-refractivity contribution >= 4 is 29.0 Å². The summed E-state index contributed by atoms with van der Waals surface area (Å²) in [4.78, 5) is 25.9. The zero-order valence-corrected chi connectivity index (χ0v) is 16.7. The number of hydrogen-bond acceptors (Lipinski definition) is 8. The van der Waals surface area contributed by atoms with Crippen LogP contribution in [-0.4, -0.2) is 40.4 Å². The van der Waals surface area contributed by atoms with E-state index in [1.165, 1.54) is 39.8 Å². The number of carbonyl (C=O) groups excluding carboxylic acids is 2. The highest BCUT2D eigenvalue weighted by Crippen LogP contribution is 2.48. The van der Waals surface area contributed by atoms with Gasteiger partial charge in [0.2, 0.25) is 0 Å². The number of carbonyl (C=O) groups is 2. The van der Waals surface area contributed by atoms with Gasteiger partial charge in [0.1, 0.15) is 17.8 Å². The van der Waals surface area contributed by atoms with E-state index in [4.69, 9.17) is 23.7 Å². The minimum atomic E-state index is -0.979. The van der Waals surface area contributed by atoms with Gasteiger partial charge in [0.05, 0.1) is 38.9 Å². The lowest BCUT2D eigenvalue weighted by molar-refractivity contribution is -0.149. The lowest BCUT2D eigenvalue weighted by Gasteiger charge is -2.20. The number of rotatable bonds is 6. The lowest BCUT2D eigenvalue weighted by atomic mass is 9.90. The first-order valence-corrected chi connectivity index (χ1v) is 9.26. The molecule has 0 amide bonds. The summed E-state index contributed by atoms with van der Waals surface area (Å²) >= 11 is 1.40. The normalized spacial score (nSPS) is 18.4. The zero-order chi connectivity index (χ0) is 20.3. The third-order valence-electron chi connectivity index (χ3n) is 4.44. The van der Waals surface area contributed by atoms with E-state index < -0.39 is 24.0 Å². The number of hydrogen-bond donors (Lipinski definition) is 0. The Morgan fingerprint density at radius 3 is 2.32 bits per heavy atom. The van der Waals surface area contributed by atoms with Crippen LogP contribution >= 0.6 is 11.3 Å². The van der Waals surface area contributed by atoms with Crippen LogP contribution in [0.4, 0.5) is 0 Å². The van der Waals surface area contributed by atoms with Gasteiger partial charge in [-0.25, -0.2) is 4.79 Å². The summed E-state index contributed by atoms with van der Waals surface area (Å²) in [5.74, 6) is -0.867. The molecule has 0 spiro atoms. The van der Waals surface area contributed by atoms with E-state index >= 15 is 0 Å². The van der Waals surface area contributed by atoms with Crippen molar-refractivity contribution in [3.63, 3.8) is 0 Å². The first-order valence-electron chi connectivity index (χ1n) is 8.38. The minimum Gasteiger partial charge on any atom is -0.493 e. The largest absolute Gasteiger partial charge is 0.493 e. The Morgan fingerprint density at radius 2 is 1.75 bits per heavy atom. The summed E-state index contributed by atoms with van der Waals surface area (Å²) < 4.78 is 26.6. The average Bonchev–Trinajstić information content (AvgIpc) is 3.39. The molecular weight excluding hydrogens is 384 g/mol. The zero-order valence-electron chi connectivity index (χ0n) is 15.9. The molecule has 28 heavy (non-hydrogen) atoms. The number of ether oxygens (including phenoxy) is 5. The molecule has 148 valence electrons. The highest BCUT2D eigenvalue weighted by atomic mass is 32.1. The van der Waals surface area contributed by atoms with Crippen molar-refractivity contribution in [1.82, 2.24) is 0 Å². The first kappa shape index (κ1) is 19.8. The van der Waals surface area contributed by atoms with E-state index in [2.05, 4.69) is 0 Å². The Labute approximate surface area is 166 Å². The molecule has 0 unspecified atom stereocenters. The third-order valence-corrected chi connectivity index (χ3v) is 5.31. The smallest absolute Gasteiger partial charge is 0.338 e. The molecule has 7 nitrogen and oxygen atoms in total. The number of methoxy groups -OCH3 is 4. The quantitative estimate of drug-likeness (QED) is 0.684. The fourth-order valence-electron chi connectivity index (χ4n) is 3.14. The summed E-state index contributed by atoms with van der Waals surface area (Å²) in [6, 6.07) is 8.84. The molecule has 0 radical (unpaired) electrons. The topological polar surface area (TPSA) is 80.3 Å². The van der Waals surface area contributed by atoms with Gasteiger partial charge in [0.25, 0.3) is 0 Å². The van der Waals surface area contributed by atoms with Crippen LogP contribution < -0.4 is 9.47 Å². The van der Waals surface area contributed by atoms with E-state index in [1.54, 1.807) is 18.2 Å². The van der Waals surface area contributed by atoms with E-state index in [9.17, 15) is 9.59 Å².